The van der Waals surface area contributed by atoms with Crippen LogP contribution in [0.25, 0.3) is 0 Å². The van der Waals surface area contributed by atoms with Gasteiger partial charge in [0.05, 0.1) is 19.4 Å². The van der Waals surface area contributed by atoms with E-state index in [-0.39, 0.29) is 11.3 Å². The fourth-order valence-corrected chi connectivity index (χ4v) is 5.47. The van der Waals surface area contributed by atoms with Gasteiger partial charge in [0.25, 0.3) is 0 Å². The van der Waals surface area contributed by atoms with Crippen LogP contribution in [-0.4, -0.2) is 43.7 Å². The molecule has 168 valence electrons. The second-order valence-corrected chi connectivity index (χ2v) is 9.36. The van der Waals surface area contributed by atoms with E-state index in [2.05, 4.69) is 25.7 Å². The molecular formula is C24H31ClN2O3S. The third-order valence-electron chi connectivity index (χ3n) is 5.46. The van der Waals surface area contributed by atoms with E-state index in [1.807, 2.05) is 36.4 Å². The van der Waals surface area contributed by atoms with E-state index in [4.69, 9.17) is 21.1 Å². The van der Waals surface area contributed by atoms with Crippen LogP contribution >= 0.6 is 23.4 Å². The number of carbonyl (C=O) groups is 1. The van der Waals surface area contributed by atoms with E-state index < -0.39 is 0 Å². The molecule has 0 aliphatic carbocycles. The van der Waals surface area contributed by atoms with Crippen molar-refractivity contribution < 1.29 is 14.3 Å². The molecule has 1 aliphatic heterocycles. The smallest absolute Gasteiger partial charge is 0.225 e. The van der Waals surface area contributed by atoms with Gasteiger partial charge in [-0.1, -0.05) is 30.3 Å². The van der Waals surface area contributed by atoms with Crippen LogP contribution < -0.4 is 14.4 Å². The van der Waals surface area contributed by atoms with E-state index in [0.29, 0.717) is 17.7 Å². The van der Waals surface area contributed by atoms with Gasteiger partial charge in [-0.15, -0.1) is 0 Å². The number of methoxy groups -OCH3 is 1. The summed E-state index contributed by atoms with van der Waals surface area (Å²) in [4.78, 5) is 17.8. The predicted molar refractivity (Wildman–Crippen MR) is 129 cm³/mol. The maximum atomic E-state index is 12.6. The summed E-state index contributed by atoms with van der Waals surface area (Å²) in [5.74, 6) is 1.48. The molecule has 0 radical (unpaired) electrons. The molecule has 0 saturated heterocycles. The minimum absolute atomic E-state index is 0.0251. The van der Waals surface area contributed by atoms with Crippen LogP contribution in [0.4, 0.5) is 5.69 Å². The predicted octanol–water partition coefficient (Wildman–Crippen LogP) is 6.01. The van der Waals surface area contributed by atoms with Crippen molar-refractivity contribution in [3.8, 4) is 11.5 Å². The first-order chi connectivity index (χ1) is 14.8. The number of amides is 1. The van der Waals surface area contributed by atoms with E-state index in [9.17, 15) is 4.79 Å². The average Bonchev–Trinajstić information content (AvgIpc) is 3.12. The summed E-state index contributed by atoms with van der Waals surface area (Å²) in [6, 6.07) is 11.9. The number of thioether (sulfide) groups is 1. The zero-order chi connectivity index (χ0) is 22.5. The Bertz CT molecular complexity index is 922. The number of benzene rings is 2. The summed E-state index contributed by atoms with van der Waals surface area (Å²) in [5.41, 5.74) is 1.79. The fraction of sp³-hybridized carbons (Fsp3) is 0.458. The number of anilines is 1. The molecule has 2 aromatic carbocycles. The molecule has 1 heterocycles. The second kappa shape index (κ2) is 10.6. The molecule has 0 bridgehead atoms. The van der Waals surface area contributed by atoms with E-state index >= 15 is 0 Å². The van der Waals surface area contributed by atoms with Gasteiger partial charge < -0.3 is 14.4 Å². The SMILES string of the molecule is CCN(CCCOc1ccc(OC)cc1C1Sc2cc(Cl)ccc2N1C(C)=O)C(C)C. The van der Waals surface area contributed by atoms with Gasteiger partial charge in [0.15, 0.2) is 0 Å². The van der Waals surface area contributed by atoms with E-state index in [1.165, 1.54) is 0 Å². The Morgan fingerprint density at radius 2 is 2.03 bits per heavy atom. The largest absolute Gasteiger partial charge is 0.497 e. The topological polar surface area (TPSA) is 42.0 Å². The lowest BCUT2D eigenvalue weighted by molar-refractivity contribution is -0.116. The third kappa shape index (κ3) is 5.48. The number of fused-ring (bicyclic) bond motifs is 1. The Labute approximate surface area is 194 Å². The highest BCUT2D eigenvalue weighted by molar-refractivity contribution is 8.00. The second-order valence-electron chi connectivity index (χ2n) is 7.80. The Morgan fingerprint density at radius 1 is 1.26 bits per heavy atom. The first-order valence-electron chi connectivity index (χ1n) is 10.7. The van der Waals surface area contributed by atoms with Crippen LogP contribution in [0.2, 0.25) is 5.02 Å². The maximum absolute atomic E-state index is 12.6. The molecule has 1 unspecified atom stereocenters. The highest BCUT2D eigenvalue weighted by atomic mass is 35.5. The average molecular weight is 463 g/mol. The first kappa shape index (κ1) is 23.8. The number of ether oxygens (including phenoxy) is 2. The highest BCUT2D eigenvalue weighted by Gasteiger charge is 2.36. The standard InChI is InChI=1S/C24H31ClN2O3S/c1-6-26(16(2)3)12-7-13-30-22-11-9-19(29-5)15-20(22)24-27(17(4)28)21-10-8-18(25)14-23(21)31-24/h8-11,14-16,24H,6-7,12-13H2,1-5H3. The summed E-state index contributed by atoms with van der Waals surface area (Å²) in [6.45, 7) is 10.8. The Balaban J connectivity index is 1.84. The molecule has 31 heavy (non-hydrogen) atoms. The zero-order valence-corrected chi connectivity index (χ0v) is 20.4. The lowest BCUT2D eigenvalue weighted by Gasteiger charge is -2.26. The van der Waals surface area contributed by atoms with Crippen molar-refractivity contribution in [2.24, 2.45) is 0 Å². The minimum Gasteiger partial charge on any atom is -0.497 e. The van der Waals surface area contributed by atoms with Gasteiger partial charge in [-0.25, -0.2) is 0 Å². The third-order valence-corrected chi connectivity index (χ3v) is 6.96. The molecule has 1 amide bonds. The summed E-state index contributed by atoms with van der Waals surface area (Å²) in [5, 5.41) is 0.419. The van der Waals surface area contributed by atoms with Crippen molar-refractivity contribution in [2.45, 2.75) is 50.4 Å². The van der Waals surface area contributed by atoms with Gasteiger partial charge in [-0.05, 0) is 63.2 Å². The molecule has 0 N–H and O–H groups in total. The van der Waals surface area contributed by atoms with Crippen molar-refractivity contribution in [1.82, 2.24) is 4.90 Å². The van der Waals surface area contributed by atoms with E-state index in [1.54, 1.807) is 30.7 Å². The zero-order valence-electron chi connectivity index (χ0n) is 18.9. The minimum atomic E-state index is -0.237. The Kier molecular flexibility index (Phi) is 8.14. The van der Waals surface area contributed by atoms with Crippen molar-refractivity contribution in [3.63, 3.8) is 0 Å². The lowest BCUT2D eigenvalue weighted by Crippen LogP contribution is -2.32. The van der Waals surface area contributed by atoms with Crippen LogP contribution in [0.3, 0.4) is 0 Å². The number of carbonyl (C=O) groups excluding carboxylic acids is 1. The number of rotatable bonds is 9. The molecule has 1 aliphatic rings. The van der Waals surface area contributed by atoms with Crippen LogP contribution in [0.5, 0.6) is 11.5 Å². The summed E-state index contributed by atoms with van der Waals surface area (Å²) in [7, 11) is 1.64. The lowest BCUT2D eigenvalue weighted by atomic mass is 10.1. The summed E-state index contributed by atoms with van der Waals surface area (Å²) >= 11 is 7.80. The van der Waals surface area contributed by atoms with Crippen molar-refractivity contribution in [3.05, 3.63) is 47.0 Å². The van der Waals surface area contributed by atoms with Crippen molar-refractivity contribution >= 4 is 35.0 Å². The highest BCUT2D eigenvalue weighted by Crippen LogP contribution is 2.54. The molecule has 5 nitrogen and oxygen atoms in total. The molecule has 0 spiro atoms. The van der Waals surface area contributed by atoms with Gasteiger partial charge in [0.1, 0.15) is 16.9 Å². The van der Waals surface area contributed by atoms with Gasteiger partial charge in [-0.2, -0.15) is 0 Å². The van der Waals surface area contributed by atoms with Crippen molar-refractivity contribution in [2.75, 3.05) is 31.7 Å². The van der Waals surface area contributed by atoms with Gasteiger partial charge in [0, 0.05) is 35.0 Å². The van der Waals surface area contributed by atoms with Crippen LogP contribution in [0.15, 0.2) is 41.3 Å². The summed E-state index contributed by atoms with van der Waals surface area (Å²) in [6.07, 6.45) is 0.932. The molecule has 0 saturated carbocycles. The van der Waals surface area contributed by atoms with Gasteiger partial charge >= 0.3 is 0 Å². The van der Waals surface area contributed by atoms with E-state index in [0.717, 1.165) is 47.2 Å². The molecule has 0 fully saturated rings. The number of hydrogen-bond acceptors (Lipinski definition) is 5. The monoisotopic (exact) mass is 462 g/mol. The summed E-state index contributed by atoms with van der Waals surface area (Å²) < 4.78 is 11.7. The van der Waals surface area contributed by atoms with Crippen LogP contribution in [0.1, 0.15) is 45.1 Å². The van der Waals surface area contributed by atoms with Crippen molar-refractivity contribution in [1.29, 1.82) is 0 Å². The van der Waals surface area contributed by atoms with Gasteiger partial charge in [0.2, 0.25) is 5.91 Å². The molecule has 0 aromatic heterocycles. The number of hydrogen-bond donors (Lipinski definition) is 0. The molecule has 7 heteroatoms. The molecule has 1 atom stereocenters. The maximum Gasteiger partial charge on any atom is 0.225 e. The van der Waals surface area contributed by atoms with Crippen LogP contribution in [0, 0.1) is 0 Å². The quantitative estimate of drug-likeness (QED) is 0.427. The Morgan fingerprint density at radius 3 is 2.68 bits per heavy atom. The number of halogens is 1. The Hall–Kier alpha value is -1.89. The molecule has 2 aromatic rings. The first-order valence-corrected chi connectivity index (χ1v) is 11.9. The molecular weight excluding hydrogens is 432 g/mol. The van der Waals surface area contributed by atoms with Gasteiger partial charge in [-0.3, -0.25) is 9.69 Å². The number of nitrogens with zero attached hydrogens (tertiary/aromatic N) is 2. The fourth-order valence-electron chi connectivity index (χ4n) is 3.83. The normalized spacial score (nSPS) is 15.5. The van der Waals surface area contributed by atoms with Crippen LogP contribution in [-0.2, 0) is 4.79 Å². The molecule has 3 rings (SSSR count).